The van der Waals surface area contributed by atoms with E-state index in [9.17, 15) is 0 Å². The molecule has 5 nitrogen and oxygen atoms in total. The number of fused-ring (bicyclic) bond motifs is 1. The van der Waals surface area contributed by atoms with Crippen molar-refractivity contribution in [2.45, 2.75) is 0 Å². The number of hydrazine groups is 1. The van der Waals surface area contributed by atoms with Gasteiger partial charge in [-0.1, -0.05) is 18.2 Å². The van der Waals surface area contributed by atoms with Crippen molar-refractivity contribution in [2.75, 3.05) is 5.43 Å². The average Bonchev–Trinajstić information content (AvgIpc) is 2.82. The zero-order chi connectivity index (χ0) is 11.7. The van der Waals surface area contributed by atoms with Gasteiger partial charge < -0.3 is 4.98 Å². The summed E-state index contributed by atoms with van der Waals surface area (Å²) in [5, 5.41) is 1.13. The molecule has 0 aliphatic rings. The second-order valence-corrected chi connectivity index (χ2v) is 3.66. The molecule has 2 heterocycles. The molecule has 0 atom stereocenters. The maximum atomic E-state index is 5.30. The Morgan fingerprint density at radius 3 is 2.94 bits per heavy atom. The highest BCUT2D eigenvalue weighted by Crippen LogP contribution is 2.26. The lowest BCUT2D eigenvalue weighted by molar-refractivity contribution is 1.12. The van der Waals surface area contributed by atoms with E-state index < -0.39 is 0 Å². The molecule has 84 valence electrons. The number of benzene rings is 1. The van der Waals surface area contributed by atoms with Gasteiger partial charge in [0, 0.05) is 28.9 Å². The predicted octanol–water partition coefficient (Wildman–Crippen LogP) is 1.91. The van der Waals surface area contributed by atoms with Gasteiger partial charge in [0.1, 0.15) is 0 Å². The van der Waals surface area contributed by atoms with Crippen molar-refractivity contribution in [3.8, 4) is 11.3 Å². The Morgan fingerprint density at radius 1 is 1.18 bits per heavy atom. The molecule has 5 heteroatoms. The molecule has 0 spiro atoms. The number of rotatable bonds is 2. The fraction of sp³-hybridized carbons (Fsp3) is 0. The van der Waals surface area contributed by atoms with Crippen LogP contribution >= 0.6 is 0 Å². The fourth-order valence-corrected chi connectivity index (χ4v) is 1.86. The van der Waals surface area contributed by atoms with Crippen LogP contribution in [-0.4, -0.2) is 15.0 Å². The number of hydrogen-bond donors (Lipinski definition) is 3. The molecule has 0 aliphatic heterocycles. The first-order valence-corrected chi connectivity index (χ1v) is 5.24. The van der Waals surface area contributed by atoms with Gasteiger partial charge >= 0.3 is 0 Å². The maximum Gasteiger partial charge on any atom is 0.237 e. The van der Waals surface area contributed by atoms with E-state index in [1.807, 2.05) is 30.5 Å². The summed E-state index contributed by atoms with van der Waals surface area (Å²) in [4.78, 5) is 11.5. The van der Waals surface area contributed by atoms with E-state index in [1.165, 1.54) is 0 Å². The summed E-state index contributed by atoms with van der Waals surface area (Å²) in [5.74, 6) is 5.71. The van der Waals surface area contributed by atoms with Crippen LogP contribution in [0, 0.1) is 0 Å². The largest absolute Gasteiger partial charge is 0.360 e. The Hall–Kier alpha value is -2.40. The molecular weight excluding hydrogens is 214 g/mol. The van der Waals surface area contributed by atoms with Crippen molar-refractivity contribution < 1.29 is 0 Å². The van der Waals surface area contributed by atoms with Crippen molar-refractivity contribution in [1.82, 2.24) is 15.0 Å². The summed E-state index contributed by atoms with van der Waals surface area (Å²) in [6.45, 7) is 0. The van der Waals surface area contributed by atoms with Gasteiger partial charge in [0.2, 0.25) is 5.95 Å². The molecular formula is C12H11N5. The number of nitrogens with two attached hydrogens (primary N) is 1. The fourth-order valence-electron chi connectivity index (χ4n) is 1.86. The lowest BCUT2D eigenvalue weighted by Crippen LogP contribution is -2.10. The first-order valence-electron chi connectivity index (χ1n) is 5.24. The van der Waals surface area contributed by atoms with Gasteiger partial charge in [0.05, 0.1) is 5.69 Å². The molecule has 0 saturated carbocycles. The number of para-hydroxylation sites is 1. The van der Waals surface area contributed by atoms with Crippen molar-refractivity contribution in [3.05, 3.63) is 42.7 Å². The van der Waals surface area contributed by atoms with Crippen LogP contribution in [0.3, 0.4) is 0 Å². The van der Waals surface area contributed by atoms with Crippen LogP contribution in [0.4, 0.5) is 5.95 Å². The first-order chi connectivity index (χ1) is 8.38. The summed E-state index contributed by atoms with van der Waals surface area (Å²) in [6.07, 6.45) is 3.62. The minimum Gasteiger partial charge on any atom is -0.360 e. The Morgan fingerprint density at radius 2 is 2.06 bits per heavy atom. The first kappa shape index (κ1) is 9.80. The molecule has 0 saturated heterocycles. The number of nitrogens with zero attached hydrogens (tertiary/aromatic N) is 2. The normalized spacial score (nSPS) is 10.6. The number of H-pyrrole nitrogens is 1. The second-order valence-electron chi connectivity index (χ2n) is 3.66. The zero-order valence-corrected chi connectivity index (χ0v) is 9.01. The van der Waals surface area contributed by atoms with Crippen LogP contribution in [-0.2, 0) is 0 Å². The second kappa shape index (κ2) is 3.88. The summed E-state index contributed by atoms with van der Waals surface area (Å²) in [6, 6.07) is 9.94. The van der Waals surface area contributed by atoms with E-state index in [4.69, 9.17) is 5.84 Å². The number of aromatic amines is 1. The van der Waals surface area contributed by atoms with E-state index in [1.54, 1.807) is 6.20 Å². The molecule has 17 heavy (non-hydrogen) atoms. The van der Waals surface area contributed by atoms with E-state index in [0.717, 1.165) is 22.2 Å². The highest BCUT2D eigenvalue weighted by molar-refractivity contribution is 5.94. The summed E-state index contributed by atoms with van der Waals surface area (Å²) >= 11 is 0. The third-order valence-electron chi connectivity index (χ3n) is 2.65. The van der Waals surface area contributed by atoms with Crippen molar-refractivity contribution >= 4 is 16.9 Å². The maximum absolute atomic E-state index is 5.30. The number of hydrogen-bond acceptors (Lipinski definition) is 4. The van der Waals surface area contributed by atoms with Gasteiger partial charge in [-0.2, -0.15) is 0 Å². The summed E-state index contributed by atoms with van der Waals surface area (Å²) < 4.78 is 0. The van der Waals surface area contributed by atoms with Crippen LogP contribution in [0.15, 0.2) is 42.7 Å². The van der Waals surface area contributed by atoms with Gasteiger partial charge in [0.15, 0.2) is 0 Å². The van der Waals surface area contributed by atoms with Gasteiger partial charge in [-0.15, -0.1) is 0 Å². The SMILES string of the molecule is NNc1nccc(-c2c[nH]c3ccccc23)n1. The third-order valence-corrected chi connectivity index (χ3v) is 2.65. The Labute approximate surface area is 97.7 Å². The molecule has 0 unspecified atom stereocenters. The van der Waals surface area contributed by atoms with Crippen LogP contribution in [0.5, 0.6) is 0 Å². The van der Waals surface area contributed by atoms with Gasteiger partial charge in [-0.05, 0) is 12.1 Å². The van der Waals surface area contributed by atoms with E-state index in [0.29, 0.717) is 5.95 Å². The molecule has 0 amide bonds. The minimum atomic E-state index is 0.410. The smallest absolute Gasteiger partial charge is 0.237 e. The topological polar surface area (TPSA) is 79.6 Å². The number of anilines is 1. The van der Waals surface area contributed by atoms with E-state index in [2.05, 4.69) is 26.4 Å². The molecule has 0 bridgehead atoms. The number of nitrogens with one attached hydrogen (secondary N) is 2. The lowest BCUT2D eigenvalue weighted by Gasteiger charge is -2.01. The standard InChI is InChI=1S/C12H11N5/c13-17-12-14-6-5-11(16-12)9-7-15-10-4-2-1-3-8(9)10/h1-7,15H,13H2,(H,14,16,17). The predicted molar refractivity (Wildman–Crippen MR) is 67.1 cm³/mol. The quantitative estimate of drug-likeness (QED) is 0.459. The molecule has 3 aromatic rings. The minimum absolute atomic E-state index is 0.410. The number of aromatic nitrogens is 3. The molecule has 3 rings (SSSR count). The monoisotopic (exact) mass is 225 g/mol. The van der Waals surface area contributed by atoms with Crippen LogP contribution in [0.1, 0.15) is 0 Å². The van der Waals surface area contributed by atoms with E-state index >= 15 is 0 Å². The van der Waals surface area contributed by atoms with E-state index in [-0.39, 0.29) is 0 Å². The van der Waals surface area contributed by atoms with Crippen LogP contribution in [0.25, 0.3) is 22.2 Å². The molecule has 0 aliphatic carbocycles. The highest BCUT2D eigenvalue weighted by Gasteiger charge is 2.07. The van der Waals surface area contributed by atoms with Gasteiger partial charge in [-0.25, -0.2) is 15.8 Å². The highest BCUT2D eigenvalue weighted by atomic mass is 15.3. The summed E-state index contributed by atoms with van der Waals surface area (Å²) in [7, 11) is 0. The number of nitrogen functional groups attached to an aromatic ring is 1. The molecule has 1 aromatic carbocycles. The average molecular weight is 225 g/mol. The molecule has 2 aromatic heterocycles. The molecule has 4 N–H and O–H groups in total. The van der Waals surface area contributed by atoms with Gasteiger partial charge in [0.25, 0.3) is 0 Å². The summed E-state index contributed by atoms with van der Waals surface area (Å²) in [5.41, 5.74) is 5.41. The van der Waals surface area contributed by atoms with Crippen molar-refractivity contribution in [1.29, 1.82) is 0 Å². The van der Waals surface area contributed by atoms with Crippen molar-refractivity contribution in [2.24, 2.45) is 5.84 Å². The molecule has 0 radical (unpaired) electrons. The van der Waals surface area contributed by atoms with Gasteiger partial charge in [-0.3, -0.25) is 5.43 Å². The van der Waals surface area contributed by atoms with Crippen LogP contribution < -0.4 is 11.3 Å². The van der Waals surface area contributed by atoms with Crippen molar-refractivity contribution in [3.63, 3.8) is 0 Å². The Bertz CT molecular complexity index is 659. The Kier molecular flexibility index (Phi) is 2.23. The zero-order valence-electron chi connectivity index (χ0n) is 9.01. The van der Waals surface area contributed by atoms with Crippen LogP contribution in [0.2, 0.25) is 0 Å². The molecule has 0 fully saturated rings. The Balaban J connectivity index is 2.20. The third kappa shape index (κ3) is 1.62. The lowest BCUT2D eigenvalue weighted by atomic mass is 10.1.